The molecule has 2 heterocycles. The van der Waals surface area contributed by atoms with Crippen molar-refractivity contribution in [2.45, 2.75) is 73.1 Å². The Kier molecular flexibility index (Phi) is 13.5. The van der Waals surface area contributed by atoms with Crippen LogP contribution in [0.4, 0.5) is 34.1 Å². The minimum Gasteiger partial charge on any atom is -0.311 e. The van der Waals surface area contributed by atoms with Crippen molar-refractivity contribution in [1.82, 2.24) is 0 Å². The van der Waals surface area contributed by atoms with Gasteiger partial charge in [0.05, 0.1) is 0 Å². The normalized spacial score (nSPS) is 12.6. The molecule has 0 saturated carbocycles. The largest absolute Gasteiger partial charge is 0.311 e. The minimum absolute atomic E-state index is 0.184. The third-order valence-corrected chi connectivity index (χ3v) is 17.9. The van der Waals surface area contributed by atoms with Gasteiger partial charge in [0.1, 0.15) is 0 Å². The van der Waals surface area contributed by atoms with Crippen LogP contribution in [0.25, 0.3) is 77.9 Å². The van der Waals surface area contributed by atoms with Crippen molar-refractivity contribution >= 4 is 57.2 Å². The summed E-state index contributed by atoms with van der Waals surface area (Å²) in [7, 11) is 0. The predicted octanol–water partition coefficient (Wildman–Crippen LogP) is 21.0. The summed E-state index contributed by atoms with van der Waals surface area (Å²) in [5.74, 6) is 0. The lowest BCUT2D eigenvalue weighted by Crippen LogP contribution is -2.61. The van der Waals surface area contributed by atoms with E-state index in [1.165, 1.54) is 123 Å². The Morgan fingerprint density at radius 1 is 0.279 bits per heavy atom. The van der Waals surface area contributed by atoms with E-state index in [0.717, 1.165) is 33.6 Å². The van der Waals surface area contributed by atoms with Crippen LogP contribution in [0.5, 0.6) is 0 Å². The molecule has 86 heavy (non-hydrogen) atoms. The molecule has 2 nitrogen and oxygen atoms in total. The van der Waals surface area contributed by atoms with Gasteiger partial charge in [0.15, 0.2) is 0 Å². The zero-order chi connectivity index (χ0) is 59.0. The van der Waals surface area contributed by atoms with E-state index in [0.29, 0.717) is 0 Å². The van der Waals surface area contributed by atoms with Gasteiger partial charge in [-0.05, 0) is 209 Å². The van der Waals surface area contributed by atoms with Crippen molar-refractivity contribution in [2.24, 2.45) is 0 Å². The van der Waals surface area contributed by atoms with Gasteiger partial charge in [-0.15, -0.1) is 0 Å². The van der Waals surface area contributed by atoms with Gasteiger partial charge < -0.3 is 9.80 Å². The first kappa shape index (κ1) is 54.3. The molecule has 416 valence electrons. The van der Waals surface area contributed by atoms with E-state index in [1.807, 2.05) is 0 Å². The summed E-state index contributed by atoms with van der Waals surface area (Å²) < 4.78 is 0. The van der Waals surface area contributed by atoms with Crippen LogP contribution in [-0.4, -0.2) is 6.71 Å². The molecule has 3 heteroatoms. The second-order valence-corrected chi connectivity index (χ2v) is 26.0. The molecule has 0 bridgehead atoms. The summed E-state index contributed by atoms with van der Waals surface area (Å²) in [4.78, 5) is 5.33. The average molecular weight is 1110 g/mol. The first-order valence-corrected chi connectivity index (χ1v) is 30.5. The first-order valence-electron chi connectivity index (χ1n) is 30.5. The van der Waals surface area contributed by atoms with Crippen LogP contribution in [0.1, 0.15) is 69.4 Å². The average Bonchev–Trinajstić information content (AvgIpc) is 0.694. The molecule has 0 atom stereocenters. The van der Waals surface area contributed by atoms with Gasteiger partial charge in [-0.1, -0.05) is 253 Å². The third kappa shape index (κ3) is 9.76. The molecule has 0 aliphatic carbocycles. The monoisotopic (exact) mass is 1110 g/mol. The first-order chi connectivity index (χ1) is 41.6. The van der Waals surface area contributed by atoms with Crippen LogP contribution >= 0.6 is 0 Å². The van der Waals surface area contributed by atoms with Crippen molar-refractivity contribution in [3.8, 4) is 77.9 Å². The maximum Gasteiger partial charge on any atom is 0.252 e. The Labute approximate surface area is 509 Å². The van der Waals surface area contributed by atoms with Crippen LogP contribution in [0, 0.1) is 20.8 Å². The number of nitrogens with zero attached hydrogens (tertiary/aromatic N) is 2. The molecule has 0 radical (unpaired) electrons. The lowest BCUT2D eigenvalue weighted by Gasteiger charge is -2.46. The van der Waals surface area contributed by atoms with Gasteiger partial charge in [-0.2, -0.15) is 0 Å². The summed E-state index contributed by atoms with van der Waals surface area (Å²) in [5.41, 5.74) is 33.5. The van der Waals surface area contributed by atoms with Crippen molar-refractivity contribution in [2.75, 3.05) is 9.80 Å². The number of hydrogen-bond acceptors (Lipinski definition) is 2. The number of benzene rings is 12. The highest BCUT2D eigenvalue weighted by Gasteiger charge is 2.46. The van der Waals surface area contributed by atoms with Gasteiger partial charge in [0, 0.05) is 34.1 Å². The predicted molar refractivity (Wildman–Crippen MR) is 370 cm³/mol. The highest BCUT2D eigenvalue weighted by atomic mass is 15.2. The van der Waals surface area contributed by atoms with E-state index in [4.69, 9.17) is 0 Å². The lowest BCUT2D eigenvalue weighted by molar-refractivity contribution is 0.592. The maximum atomic E-state index is 2.66. The Balaban J connectivity index is 1.19. The lowest BCUT2D eigenvalue weighted by atomic mass is 9.33. The summed E-state index contributed by atoms with van der Waals surface area (Å²) in [6.45, 7) is 20.9. The van der Waals surface area contributed by atoms with Crippen LogP contribution < -0.4 is 26.2 Å². The van der Waals surface area contributed by atoms with Crippen LogP contribution in [0.3, 0.4) is 0 Å². The zero-order valence-electron chi connectivity index (χ0n) is 50.9. The van der Waals surface area contributed by atoms with Crippen molar-refractivity contribution in [1.29, 1.82) is 0 Å². The summed E-state index contributed by atoms with van der Waals surface area (Å²) in [6.07, 6.45) is 0. The van der Waals surface area contributed by atoms with E-state index in [1.54, 1.807) is 0 Å². The van der Waals surface area contributed by atoms with E-state index >= 15 is 0 Å². The number of fused-ring (bicyclic) bond motifs is 4. The molecule has 0 aromatic heterocycles. The van der Waals surface area contributed by atoms with Crippen LogP contribution in [-0.2, 0) is 10.8 Å². The zero-order valence-corrected chi connectivity index (χ0v) is 50.9. The van der Waals surface area contributed by atoms with E-state index in [9.17, 15) is 0 Å². The Hall–Kier alpha value is -9.70. The fraction of sp³-hybridized carbons (Fsp3) is 0.133. The van der Waals surface area contributed by atoms with Gasteiger partial charge >= 0.3 is 0 Å². The second kappa shape index (κ2) is 21.4. The van der Waals surface area contributed by atoms with Crippen molar-refractivity contribution in [3.05, 3.63) is 295 Å². The fourth-order valence-corrected chi connectivity index (χ4v) is 14.0. The topological polar surface area (TPSA) is 6.48 Å². The van der Waals surface area contributed by atoms with E-state index < -0.39 is 0 Å². The smallest absolute Gasteiger partial charge is 0.252 e. The Morgan fingerprint density at radius 2 is 0.581 bits per heavy atom. The molecule has 0 N–H and O–H groups in total. The number of rotatable bonds is 9. The van der Waals surface area contributed by atoms with Crippen LogP contribution in [0.2, 0.25) is 0 Å². The minimum atomic E-state index is -0.222. The highest BCUT2D eigenvalue weighted by Crippen LogP contribution is 2.52. The van der Waals surface area contributed by atoms with Crippen LogP contribution in [0.15, 0.2) is 267 Å². The SMILES string of the molecule is Cc1cc(C)c(-c2cc3c4c(c2)N(c2cc(-c5ccccc5)cc(-c5ccccc5)c2)c2cc(C(C)(C)C)c(-c5ccccc5)cc2B4c2cc(-c4ccccc4)c(C(C)(C)C)cc2N3c2cc(-c3ccccc3)cc(-c3ccccc3)c2)c(C)c1. The van der Waals surface area contributed by atoms with Gasteiger partial charge in [0.2, 0.25) is 0 Å². The molecule has 2 aliphatic rings. The molecule has 2 aliphatic heterocycles. The summed E-state index contributed by atoms with van der Waals surface area (Å²) in [5, 5.41) is 0. The molecule has 12 aromatic carbocycles. The molecule has 12 aromatic rings. The quantitative estimate of drug-likeness (QED) is 0.133. The number of hydrogen-bond donors (Lipinski definition) is 0. The maximum absolute atomic E-state index is 2.66. The Bertz CT molecular complexity index is 4140. The molecular formula is C83H71BN2. The second-order valence-electron chi connectivity index (χ2n) is 26.0. The van der Waals surface area contributed by atoms with Gasteiger partial charge in [-0.25, -0.2) is 0 Å². The summed E-state index contributed by atoms with van der Waals surface area (Å²) >= 11 is 0. The molecule has 0 fully saturated rings. The highest BCUT2D eigenvalue weighted by molar-refractivity contribution is 7.00. The van der Waals surface area contributed by atoms with Crippen molar-refractivity contribution in [3.63, 3.8) is 0 Å². The molecule has 0 spiro atoms. The van der Waals surface area contributed by atoms with E-state index in [2.05, 4.69) is 339 Å². The van der Waals surface area contributed by atoms with Gasteiger partial charge in [-0.3, -0.25) is 0 Å². The Morgan fingerprint density at radius 3 is 0.884 bits per heavy atom. The number of aryl methyl sites for hydroxylation is 3. The van der Waals surface area contributed by atoms with E-state index in [-0.39, 0.29) is 17.5 Å². The molecular weight excluding hydrogens is 1040 g/mol. The molecule has 0 saturated heterocycles. The fourth-order valence-electron chi connectivity index (χ4n) is 14.0. The third-order valence-electron chi connectivity index (χ3n) is 17.9. The van der Waals surface area contributed by atoms with Gasteiger partial charge in [0.25, 0.3) is 6.71 Å². The molecule has 0 amide bonds. The number of anilines is 6. The molecule has 0 unspecified atom stereocenters. The van der Waals surface area contributed by atoms with Crippen molar-refractivity contribution < 1.29 is 0 Å². The standard InChI is InChI=1S/C83H71BN2/c1-54-40-55(2)80(56(3)41-54)67-48-78-81-79(49-67)86(69-46-65(59-32-20-12-21-33-59)43-66(47-69)60-34-22-13-23-35-60)77-53-73(83(7,8)9)71(62-38-26-15-27-39-62)51-75(77)84(81)74-50-70(61-36-24-14-25-37-61)72(82(4,5)6)52-76(74)85(78)68-44-63(57-28-16-10-17-29-57)42-64(45-68)58-30-18-11-19-31-58/h10-53H,1-9H3. The molecule has 14 rings (SSSR count). The summed E-state index contributed by atoms with van der Waals surface area (Å²) in [6, 6.07) is 101.